The van der Waals surface area contributed by atoms with Gasteiger partial charge in [0.05, 0.1) is 0 Å². The molecule has 0 aromatic carbocycles. The van der Waals surface area contributed by atoms with E-state index in [1.165, 1.54) is 26.7 Å². The Labute approximate surface area is 62.4 Å². The van der Waals surface area contributed by atoms with E-state index in [0.29, 0.717) is 0 Å². The number of carbonyl (C=O) groups is 1. The van der Waals surface area contributed by atoms with Gasteiger partial charge in [-0.1, -0.05) is 24.3 Å². The Morgan fingerprint density at radius 3 is 1.50 bits per heavy atom. The van der Waals surface area contributed by atoms with Gasteiger partial charge in [-0.3, -0.25) is 0 Å². The zero-order valence-corrected chi connectivity index (χ0v) is 6.63. The van der Waals surface area contributed by atoms with Crippen molar-refractivity contribution in [3.63, 3.8) is 0 Å². The smallest absolute Gasteiger partial charge is 0.126 e. The Kier molecular flexibility index (Phi) is 5.74. The summed E-state index contributed by atoms with van der Waals surface area (Å²) in [5.74, 6) is 0.167. The summed E-state index contributed by atoms with van der Waals surface area (Å²) >= 11 is 0. The molecule has 0 spiro atoms. The molecule has 0 saturated carbocycles. The molecule has 1 nitrogen and oxygen atoms in total. The van der Waals surface area contributed by atoms with Crippen molar-refractivity contribution in [2.45, 2.75) is 26.7 Å². The van der Waals surface area contributed by atoms with Crippen LogP contribution in [-0.2, 0) is 4.79 Å². The predicted octanol–water partition coefficient (Wildman–Crippen LogP) is 2.49. The standard InChI is InChI=1S/C6H8.C3H6O/c1-2-4-6-5-3-1;1-3(2)4/h1-4H,5-6H2;1-2H3. The average molecular weight is 138 g/mol. The topological polar surface area (TPSA) is 17.1 Å². The molecular formula is C9H14O. The zero-order chi connectivity index (χ0) is 7.82. The highest BCUT2D eigenvalue weighted by atomic mass is 16.1. The van der Waals surface area contributed by atoms with Gasteiger partial charge in [0.2, 0.25) is 0 Å². The van der Waals surface area contributed by atoms with Crippen molar-refractivity contribution in [2.24, 2.45) is 0 Å². The van der Waals surface area contributed by atoms with Crippen LogP contribution in [0.5, 0.6) is 0 Å². The average Bonchev–Trinajstić information content (AvgIpc) is 1.90. The third kappa shape index (κ3) is 10.2. The van der Waals surface area contributed by atoms with Crippen LogP contribution in [0, 0.1) is 0 Å². The van der Waals surface area contributed by atoms with E-state index < -0.39 is 0 Å². The fraction of sp³-hybridized carbons (Fsp3) is 0.444. The molecule has 0 amide bonds. The van der Waals surface area contributed by atoms with E-state index >= 15 is 0 Å². The predicted molar refractivity (Wildman–Crippen MR) is 43.9 cm³/mol. The highest BCUT2D eigenvalue weighted by Gasteiger charge is 1.77. The number of hydrogen-bond acceptors (Lipinski definition) is 1. The van der Waals surface area contributed by atoms with E-state index in [4.69, 9.17) is 0 Å². The first-order valence-electron chi connectivity index (χ1n) is 3.52. The van der Waals surface area contributed by atoms with Gasteiger partial charge in [-0.25, -0.2) is 0 Å². The van der Waals surface area contributed by atoms with Crippen molar-refractivity contribution in [1.82, 2.24) is 0 Å². The third-order valence-electron chi connectivity index (χ3n) is 0.883. The molecule has 0 atom stereocenters. The summed E-state index contributed by atoms with van der Waals surface area (Å²) in [6.07, 6.45) is 11.0. The molecule has 0 aromatic heterocycles. The van der Waals surface area contributed by atoms with Crippen molar-refractivity contribution in [2.75, 3.05) is 0 Å². The van der Waals surface area contributed by atoms with Crippen LogP contribution in [0.3, 0.4) is 0 Å². The summed E-state index contributed by atoms with van der Waals surface area (Å²) in [6.45, 7) is 3.06. The van der Waals surface area contributed by atoms with E-state index in [1.54, 1.807) is 0 Å². The largest absolute Gasteiger partial charge is 0.300 e. The molecule has 0 fully saturated rings. The Morgan fingerprint density at radius 1 is 1.10 bits per heavy atom. The van der Waals surface area contributed by atoms with Gasteiger partial charge in [0.15, 0.2) is 0 Å². The molecule has 1 aliphatic carbocycles. The summed E-state index contributed by atoms with van der Waals surface area (Å²) in [5.41, 5.74) is 0. The van der Waals surface area contributed by atoms with Gasteiger partial charge in [-0.15, -0.1) is 0 Å². The lowest BCUT2D eigenvalue weighted by molar-refractivity contribution is -0.114. The van der Waals surface area contributed by atoms with Crippen LogP contribution in [0.15, 0.2) is 24.3 Å². The van der Waals surface area contributed by atoms with Gasteiger partial charge >= 0.3 is 0 Å². The van der Waals surface area contributed by atoms with E-state index in [-0.39, 0.29) is 5.78 Å². The molecule has 0 N–H and O–H groups in total. The number of carbonyl (C=O) groups excluding carboxylic acids is 1. The Morgan fingerprint density at radius 2 is 1.40 bits per heavy atom. The maximum absolute atomic E-state index is 9.44. The minimum atomic E-state index is 0.167. The lowest BCUT2D eigenvalue weighted by Gasteiger charge is -1.88. The Hall–Kier alpha value is -0.850. The van der Waals surface area contributed by atoms with Crippen molar-refractivity contribution in [1.29, 1.82) is 0 Å². The van der Waals surface area contributed by atoms with Gasteiger partial charge in [-0.2, -0.15) is 0 Å². The van der Waals surface area contributed by atoms with Gasteiger partial charge in [0.25, 0.3) is 0 Å². The molecule has 1 heteroatoms. The fourth-order valence-electron chi connectivity index (χ4n) is 0.542. The monoisotopic (exact) mass is 138 g/mol. The second kappa shape index (κ2) is 6.27. The number of Topliss-reactive ketones (excluding diaryl/α,β-unsaturated/α-hetero) is 1. The maximum Gasteiger partial charge on any atom is 0.126 e. The highest BCUT2D eigenvalue weighted by Crippen LogP contribution is 1.98. The van der Waals surface area contributed by atoms with Crippen molar-refractivity contribution in [3.05, 3.63) is 24.3 Å². The molecule has 0 bridgehead atoms. The molecule has 1 aliphatic rings. The molecule has 0 aromatic rings. The number of ketones is 1. The van der Waals surface area contributed by atoms with Crippen LogP contribution < -0.4 is 0 Å². The van der Waals surface area contributed by atoms with E-state index in [9.17, 15) is 4.79 Å². The minimum absolute atomic E-state index is 0.167. The van der Waals surface area contributed by atoms with E-state index in [0.717, 1.165) is 0 Å². The van der Waals surface area contributed by atoms with Gasteiger partial charge in [0, 0.05) is 0 Å². The summed E-state index contributed by atoms with van der Waals surface area (Å²) < 4.78 is 0. The molecule has 56 valence electrons. The second-order valence-corrected chi connectivity index (χ2v) is 2.34. The lowest BCUT2D eigenvalue weighted by atomic mass is 10.2. The molecule has 0 aliphatic heterocycles. The number of rotatable bonds is 0. The summed E-state index contributed by atoms with van der Waals surface area (Å²) in [5, 5.41) is 0. The number of hydrogen-bond donors (Lipinski definition) is 0. The van der Waals surface area contributed by atoms with Gasteiger partial charge in [-0.05, 0) is 26.7 Å². The molecule has 10 heavy (non-hydrogen) atoms. The van der Waals surface area contributed by atoms with Crippen molar-refractivity contribution < 1.29 is 4.79 Å². The Bertz CT molecular complexity index is 127. The summed E-state index contributed by atoms with van der Waals surface area (Å²) in [6, 6.07) is 0. The third-order valence-corrected chi connectivity index (χ3v) is 0.883. The van der Waals surface area contributed by atoms with Crippen LogP contribution in [0.1, 0.15) is 26.7 Å². The van der Waals surface area contributed by atoms with Crippen LogP contribution in [0.4, 0.5) is 0 Å². The van der Waals surface area contributed by atoms with Crippen LogP contribution in [0.25, 0.3) is 0 Å². The van der Waals surface area contributed by atoms with Crippen LogP contribution >= 0.6 is 0 Å². The second-order valence-electron chi connectivity index (χ2n) is 2.34. The molecule has 0 saturated heterocycles. The highest BCUT2D eigenvalue weighted by molar-refractivity contribution is 5.72. The first-order valence-corrected chi connectivity index (χ1v) is 3.52. The van der Waals surface area contributed by atoms with Gasteiger partial charge in [0.1, 0.15) is 5.78 Å². The molecule has 0 unspecified atom stereocenters. The zero-order valence-electron chi connectivity index (χ0n) is 6.63. The van der Waals surface area contributed by atoms with E-state index in [1.807, 2.05) is 0 Å². The number of allylic oxidation sites excluding steroid dienone is 4. The SMILES string of the molecule is C1=CCCC=C1.CC(C)=O. The van der Waals surface area contributed by atoms with Crippen molar-refractivity contribution in [3.8, 4) is 0 Å². The molecule has 0 heterocycles. The van der Waals surface area contributed by atoms with Crippen LogP contribution in [-0.4, -0.2) is 5.78 Å². The summed E-state index contributed by atoms with van der Waals surface area (Å²) in [7, 11) is 0. The van der Waals surface area contributed by atoms with E-state index in [2.05, 4.69) is 24.3 Å². The summed E-state index contributed by atoms with van der Waals surface area (Å²) in [4.78, 5) is 9.44. The first-order chi connectivity index (χ1) is 4.73. The lowest BCUT2D eigenvalue weighted by Crippen LogP contribution is -1.69. The fourth-order valence-corrected chi connectivity index (χ4v) is 0.542. The Balaban J connectivity index is 0.000000180. The molecular weight excluding hydrogens is 124 g/mol. The normalized spacial score (nSPS) is 13.8. The molecule has 1 rings (SSSR count). The van der Waals surface area contributed by atoms with Gasteiger partial charge < -0.3 is 4.79 Å². The van der Waals surface area contributed by atoms with Crippen molar-refractivity contribution >= 4 is 5.78 Å². The molecule has 0 radical (unpaired) electrons. The van der Waals surface area contributed by atoms with Crippen LogP contribution in [0.2, 0.25) is 0 Å². The quantitative estimate of drug-likeness (QED) is 0.502. The first kappa shape index (κ1) is 9.15. The minimum Gasteiger partial charge on any atom is -0.300 e. The maximum atomic E-state index is 9.44.